The van der Waals surface area contributed by atoms with Crippen molar-refractivity contribution < 1.29 is 4.79 Å². The maximum atomic E-state index is 12.4. The van der Waals surface area contributed by atoms with Gasteiger partial charge in [-0.2, -0.15) is 5.10 Å². The monoisotopic (exact) mass is 312 g/mol. The van der Waals surface area contributed by atoms with Crippen LogP contribution in [0, 0.1) is 0 Å². The Morgan fingerprint density at radius 3 is 2.70 bits per heavy atom. The molecule has 0 bridgehead atoms. The fourth-order valence-corrected chi connectivity index (χ4v) is 3.13. The van der Waals surface area contributed by atoms with Crippen LogP contribution in [0.3, 0.4) is 0 Å². The number of hydrogen-bond acceptors (Lipinski definition) is 5. The molecule has 0 saturated heterocycles. The lowest BCUT2D eigenvalue weighted by Gasteiger charge is -2.04. The van der Waals surface area contributed by atoms with Gasteiger partial charge in [-0.05, 0) is 23.9 Å². The highest BCUT2D eigenvalue weighted by Crippen LogP contribution is 2.25. The van der Waals surface area contributed by atoms with E-state index in [9.17, 15) is 4.79 Å². The SMILES string of the molecule is CCc1nn(C)c(CC(=O)c2snnc2C(C)C)c1Cl. The maximum Gasteiger partial charge on any atom is 0.182 e. The van der Waals surface area contributed by atoms with E-state index in [1.165, 1.54) is 0 Å². The van der Waals surface area contributed by atoms with Crippen molar-refractivity contribution in [3.05, 3.63) is 27.0 Å². The number of Topliss-reactive ketones (excluding diaryl/α,β-unsaturated/α-hetero) is 1. The molecule has 0 amide bonds. The van der Waals surface area contributed by atoms with Crippen molar-refractivity contribution >= 4 is 28.9 Å². The number of aryl methyl sites for hydroxylation is 2. The molecule has 0 N–H and O–H groups in total. The minimum atomic E-state index is -0.00347. The Morgan fingerprint density at radius 1 is 1.45 bits per heavy atom. The van der Waals surface area contributed by atoms with Crippen LogP contribution in [0.1, 0.15) is 53.4 Å². The van der Waals surface area contributed by atoms with E-state index < -0.39 is 0 Å². The van der Waals surface area contributed by atoms with E-state index in [0.717, 1.165) is 35.0 Å². The number of ketones is 1. The van der Waals surface area contributed by atoms with Crippen molar-refractivity contribution in [1.82, 2.24) is 19.4 Å². The summed E-state index contributed by atoms with van der Waals surface area (Å²) in [5.74, 6) is 0.178. The average Bonchev–Trinajstić information content (AvgIpc) is 2.98. The second kappa shape index (κ2) is 6.01. The lowest BCUT2D eigenvalue weighted by molar-refractivity contribution is 0.0993. The molecule has 5 nitrogen and oxygen atoms in total. The predicted octanol–water partition coefficient (Wildman–Crippen LogP) is 3.04. The van der Waals surface area contributed by atoms with Gasteiger partial charge in [0, 0.05) is 7.05 Å². The van der Waals surface area contributed by atoms with E-state index >= 15 is 0 Å². The third-order valence-corrected chi connectivity index (χ3v) is 4.36. The first-order chi connectivity index (χ1) is 9.45. The zero-order chi connectivity index (χ0) is 14.9. The molecule has 0 unspecified atom stereocenters. The van der Waals surface area contributed by atoms with Crippen LogP contribution in [0.2, 0.25) is 5.02 Å². The molecule has 0 atom stereocenters. The third-order valence-electron chi connectivity index (χ3n) is 3.14. The third kappa shape index (κ3) is 2.76. The summed E-state index contributed by atoms with van der Waals surface area (Å²) in [7, 11) is 1.81. The van der Waals surface area contributed by atoms with E-state index in [0.29, 0.717) is 9.90 Å². The highest BCUT2D eigenvalue weighted by Gasteiger charge is 2.22. The number of carbonyl (C=O) groups excluding carboxylic acids is 1. The van der Waals surface area contributed by atoms with Gasteiger partial charge in [0.15, 0.2) is 5.78 Å². The van der Waals surface area contributed by atoms with Crippen LogP contribution in [-0.2, 0) is 19.9 Å². The molecule has 2 aromatic heterocycles. The molecule has 2 aromatic rings. The van der Waals surface area contributed by atoms with E-state index in [1.807, 2.05) is 27.8 Å². The first-order valence-electron chi connectivity index (χ1n) is 6.51. The van der Waals surface area contributed by atoms with Crippen LogP contribution in [0.25, 0.3) is 0 Å². The summed E-state index contributed by atoms with van der Waals surface area (Å²) >= 11 is 7.42. The van der Waals surface area contributed by atoms with Crippen molar-refractivity contribution in [3.8, 4) is 0 Å². The van der Waals surface area contributed by atoms with Crippen molar-refractivity contribution in [2.45, 2.75) is 39.5 Å². The van der Waals surface area contributed by atoms with Gasteiger partial charge in [-0.3, -0.25) is 9.48 Å². The summed E-state index contributed by atoms with van der Waals surface area (Å²) in [5, 5.41) is 8.95. The number of halogens is 1. The molecule has 0 aliphatic heterocycles. The quantitative estimate of drug-likeness (QED) is 0.796. The highest BCUT2D eigenvalue weighted by molar-refractivity contribution is 7.08. The summed E-state index contributed by atoms with van der Waals surface area (Å²) in [6.07, 6.45) is 0.978. The second-order valence-corrected chi connectivity index (χ2v) is 6.06. The topological polar surface area (TPSA) is 60.7 Å². The predicted molar refractivity (Wildman–Crippen MR) is 79.6 cm³/mol. The molecule has 0 aromatic carbocycles. The Hall–Kier alpha value is -1.27. The normalized spacial score (nSPS) is 11.3. The molecule has 0 fully saturated rings. The lowest BCUT2D eigenvalue weighted by atomic mass is 10.1. The number of carbonyl (C=O) groups is 1. The minimum absolute atomic E-state index is 0.00347. The van der Waals surface area contributed by atoms with Gasteiger partial charge in [0.25, 0.3) is 0 Å². The van der Waals surface area contributed by atoms with E-state index in [4.69, 9.17) is 11.6 Å². The van der Waals surface area contributed by atoms with Crippen LogP contribution in [-0.4, -0.2) is 25.2 Å². The van der Waals surface area contributed by atoms with Gasteiger partial charge in [-0.1, -0.05) is 36.9 Å². The van der Waals surface area contributed by atoms with E-state index in [-0.39, 0.29) is 18.1 Å². The van der Waals surface area contributed by atoms with Crippen LogP contribution in [0.4, 0.5) is 0 Å². The average molecular weight is 313 g/mol. The molecule has 0 radical (unpaired) electrons. The lowest BCUT2D eigenvalue weighted by Crippen LogP contribution is -2.09. The van der Waals surface area contributed by atoms with Gasteiger partial charge < -0.3 is 0 Å². The molecule has 2 rings (SSSR count). The van der Waals surface area contributed by atoms with Gasteiger partial charge in [0.1, 0.15) is 4.88 Å². The molecular formula is C13H17ClN4OS. The second-order valence-electron chi connectivity index (χ2n) is 4.93. The van der Waals surface area contributed by atoms with E-state index in [1.54, 1.807) is 4.68 Å². The number of nitrogens with zero attached hydrogens (tertiary/aromatic N) is 4. The van der Waals surface area contributed by atoms with Crippen LogP contribution in [0.15, 0.2) is 0 Å². The molecule has 0 saturated carbocycles. The Morgan fingerprint density at radius 2 is 2.15 bits per heavy atom. The van der Waals surface area contributed by atoms with Crippen molar-refractivity contribution in [2.24, 2.45) is 7.05 Å². The fourth-order valence-electron chi connectivity index (χ4n) is 2.01. The largest absolute Gasteiger partial charge is 0.293 e. The highest BCUT2D eigenvalue weighted by atomic mass is 35.5. The van der Waals surface area contributed by atoms with Gasteiger partial charge in [-0.25, -0.2) is 0 Å². The minimum Gasteiger partial charge on any atom is -0.293 e. The molecular weight excluding hydrogens is 296 g/mol. The first-order valence-corrected chi connectivity index (χ1v) is 7.66. The number of aromatic nitrogens is 4. The van der Waals surface area contributed by atoms with Gasteiger partial charge >= 0.3 is 0 Å². The molecule has 7 heteroatoms. The molecule has 20 heavy (non-hydrogen) atoms. The van der Waals surface area contributed by atoms with Crippen LogP contribution in [0.5, 0.6) is 0 Å². The fraction of sp³-hybridized carbons (Fsp3) is 0.538. The molecule has 108 valence electrons. The summed E-state index contributed by atoms with van der Waals surface area (Å²) in [6, 6.07) is 0. The molecule has 0 aliphatic rings. The van der Waals surface area contributed by atoms with Gasteiger partial charge in [0.05, 0.1) is 28.5 Å². The summed E-state index contributed by atoms with van der Waals surface area (Å²) < 4.78 is 5.57. The zero-order valence-corrected chi connectivity index (χ0v) is 13.5. The van der Waals surface area contributed by atoms with Crippen LogP contribution >= 0.6 is 23.1 Å². The Kier molecular flexibility index (Phi) is 4.55. The van der Waals surface area contributed by atoms with Crippen molar-refractivity contribution in [3.63, 3.8) is 0 Å². The van der Waals surface area contributed by atoms with Gasteiger partial charge in [-0.15, -0.1) is 5.10 Å². The van der Waals surface area contributed by atoms with Crippen molar-refractivity contribution in [2.75, 3.05) is 0 Å². The van der Waals surface area contributed by atoms with Crippen LogP contribution < -0.4 is 0 Å². The maximum absolute atomic E-state index is 12.4. The Balaban J connectivity index is 2.28. The van der Waals surface area contributed by atoms with Crippen molar-refractivity contribution in [1.29, 1.82) is 0 Å². The molecule has 0 aliphatic carbocycles. The zero-order valence-electron chi connectivity index (χ0n) is 12.0. The first kappa shape index (κ1) is 15.1. The standard InChI is InChI=1S/C13H17ClN4OS/c1-5-8-11(14)9(18(4)16-8)6-10(19)13-12(7(2)3)15-17-20-13/h7H,5-6H2,1-4H3. The van der Waals surface area contributed by atoms with Gasteiger partial charge in [0.2, 0.25) is 0 Å². The van der Waals surface area contributed by atoms with E-state index in [2.05, 4.69) is 14.7 Å². The summed E-state index contributed by atoms with van der Waals surface area (Å²) in [6.45, 7) is 5.99. The Bertz CT molecular complexity index is 632. The Labute approximate surface area is 127 Å². The molecule has 2 heterocycles. The smallest absolute Gasteiger partial charge is 0.182 e. The molecule has 0 spiro atoms. The summed E-state index contributed by atoms with van der Waals surface area (Å²) in [4.78, 5) is 13.1. The number of hydrogen-bond donors (Lipinski definition) is 0. The summed E-state index contributed by atoms with van der Waals surface area (Å²) in [5.41, 5.74) is 2.33. The number of rotatable bonds is 5.